The Hall–Kier alpha value is -2.99. The fraction of sp³-hybridized carbons (Fsp3) is 0.292. The number of carbonyl (C=O) groups is 2. The molecule has 30 heavy (non-hydrogen) atoms. The molecule has 1 unspecified atom stereocenters. The van der Waals surface area contributed by atoms with Crippen molar-refractivity contribution in [2.75, 3.05) is 11.4 Å². The molecule has 1 aliphatic rings. The number of ketones is 1. The van der Waals surface area contributed by atoms with Gasteiger partial charge in [-0.25, -0.2) is 4.98 Å². The molecule has 0 aliphatic carbocycles. The maximum Gasteiger partial charge on any atom is 0.268 e. The number of aryl methyl sites for hydroxylation is 1. The quantitative estimate of drug-likeness (QED) is 0.530. The van der Waals surface area contributed by atoms with Gasteiger partial charge in [0, 0.05) is 16.5 Å². The number of anilines is 1. The van der Waals surface area contributed by atoms with E-state index >= 15 is 0 Å². The number of benzene rings is 2. The third-order valence-corrected chi connectivity index (χ3v) is 6.06. The average Bonchev–Trinajstić information content (AvgIpc) is 3.17. The van der Waals surface area contributed by atoms with Crippen LogP contribution in [0.3, 0.4) is 0 Å². The number of rotatable bonds is 5. The molecular weight excluding hydrogens is 396 g/mol. The Morgan fingerprint density at radius 3 is 2.57 bits per heavy atom. The number of amides is 1. The number of aromatic nitrogens is 1. The zero-order valence-corrected chi connectivity index (χ0v) is 18.3. The molecule has 0 bridgehead atoms. The number of fused-ring (bicyclic) bond motifs is 1. The van der Waals surface area contributed by atoms with Gasteiger partial charge in [-0.15, -0.1) is 11.3 Å². The van der Waals surface area contributed by atoms with Gasteiger partial charge in [-0.3, -0.25) is 14.5 Å². The van der Waals surface area contributed by atoms with Gasteiger partial charge in [-0.05, 0) is 43.5 Å². The third-order valence-electron chi connectivity index (χ3n) is 5.28. The molecule has 1 aliphatic heterocycles. The van der Waals surface area contributed by atoms with Crippen LogP contribution in [0.5, 0.6) is 5.75 Å². The summed E-state index contributed by atoms with van der Waals surface area (Å²) in [6.07, 6.45) is -0.638. The molecule has 0 N–H and O–H groups in total. The first-order valence-corrected chi connectivity index (χ1v) is 10.9. The van der Waals surface area contributed by atoms with Crippen molar-refractivity contribution in [2.45, 2.75) is 39.7 Å². The third kappa shape index (κ3) is 3.87. The van der Waals surface area contributed by atoms with E-state index in [1.807, 2.05) is 54.8 Å². The molecular formula is C24H24N2O3S. The predicted molar refractivity (Wildman–Crippen MR) is 120 cm³/mol. The van der Waals surface area contributed by atoms with Crippen molar-refractivity contribution in [1.29, 1.82) is 0 Å². The molecule has 6 heteroatoms. The second kappa shape index (κ2) is 8.03. The first kappa shape index (κ1) is 20.3. The van der Waals surface area contributed by atoms with Crippen molar-refractivity contribution in [3.63, 3.8) is 0 Å². The molecule has 1 amide bonds. The lowest BCUT2D eigenvalue weighted by Crippen LogP contribution is -2.46. The van der Waals surface area contributed by atoms with Crippen LogP contribution in [0.15, 0.2) is 47.8 Å². The second-order valence-corrected chi connectivity index (χ2v) is 8.88. The zero-order chi connectivity index (χ0) is 21.4. The van der Waals surface area contributed by atoms with Crippen molar-refractivity contribution in [1.82, 2.24) is 4.98 Å². The molecule has 2 aromatic carbocycles. The summed E-state index contributed by atoms with van der Waals surface area (Å²) in [5.74, 6) is 0.672. The van der Waals surface area contributed by atoms with E-state index in [1.54, 1.807) is 18.3 Å². The van der Waals surface area contributed by atoms with Crippen molar-refractivity contribution in [3.8, 4) is 17.0 Å². The van der Waals surface area contributed by atoms with E-state index in [1.165, 1.54) is 10.5 Å². The van der Waals surface area contributed by atoms with E-state index in [0.29, 0.717) is 22.9 Å². The van der Waals surface area contributed by atoms with Crippen LogP contribution < -0.4 is 9.64 Å². The smallest absolute Gasteiger partial charge is 0.268 e. The monoisotopic (exact) mass is 420 g/mol. The van der Waals surface area contributed by atoms with Crippen molar-refractivity contribution >= 4 is 28.7 Å². The van der Waals surface area contributed by atoms with Gasteiger partial charge in [0.2, 0.25) is 0 Å². The normalized spacial score (nSPS) is 15.8. The molecule has 0 fully saturated rings. The van der Waals surface area contributed by atoms with Gasteiger partial charge in [-0.1, -0.05) is 38.1 Å². The maximum atomic E-state index is 13.0. The van der Waals surface area contributed by atoms with Crippen LogP contribution in [0.1, 0.15) is 47.6 Å². The number of thiazole rings is 1. The van der Waals surface area contributed by atoms with Gasteiger partial charge >= 0.3 is 0 Å². The summed E-state index contributed by atoms with van der Waals surface area (Å²) in [5, 5.41) is 2.96. The van der Waals surface area contributed by atoms with Crippen LogP contribution in [0, 0.1) is 6.92 Å². The van der Waals surface area contributed by atoms with Crippen LogP contribution in [0.4, 0.5) is 5.69 Å². The summed E-state index contributed by atoms with van der Waals surface area (Å²) < 4.78 is 5.78. The Bertz CT molecular complexity index is 1100. The molecule has 3 aromatic rings. The highest BCUT2D eigenvalue weighted by molar-refractivity contribution is 7.09. The van der Waals surface area contributed by atoms with Gasteiger partial charge in [0.05, 0.1) is 22.9 Å². The number of hydrogen-bond donors (Lipinski definition) is 0. The van der Waals surface area contributed by atoms with Gasteiger partial charge < -0.3 is 4.74 Å². The Balaban J connectivity index is 1.65. The zero-order valence-electron chi connectivity index (χ0n) is 17.5. The van der Waals surface area contributed by atoms with Crippen molar-refractivity contribution < 1.29 is 14.3 Å². The highest BCUT2D eigenvalue weighted by Crippen LogP contribution is 2.38. The summed E-state index contributed by atoms with van der Waals surface area (Å²) in [4.78, 5) is 31.9. The summed E-state index contributed by atoms with van der Waals surface area (Å²) in [7, 11) is 0. The van der Waals surface area contributed by atoms with E-state index in [-0.39, 0.29) is 18.2 Å². The highest BCUT2D eigenvalue weighted by atomic mass is 32.1. The van der Waals surface area contributed by atoms with E-state index in [0.717, 1.165) is 16.3 Å². The van der Waals surface area contributed by atoms with Gasteiger partial charge in [-0.2, -0.15) is 0 Å². The molecule has 4 rings (SSSR count). The molecule has 154 valence electrons. The Kier molecular flexibility index (Phi) is 5.43. The van der Waals surface area contributed by atoms with E-state index < -0.39 is 6.10 Å². The van der Waals surface area contributed by atoms with Crippen molar-refractivity contribution in [3.05, 3.63) is 64.0 Å². The molecule has 5 nitrogen and oxygen atoms in total. The largest absolute Gasteiger partial charge is 0.479 e. The summed E-state index contributed by atoms with van der Waals surface area (Å²) in [5.41, 5.74) is 4.12. The highest BCUT2D eigenvalue weighted by Gasteiger charge is 2.33. The standard InChI is InChI=1S/C24H24N2O3S/c1-14(2)17-5-7-18(8-6-17)22(27)12-26-21-11-19(20-13-30-16(4)25-20)9-10-23(21)29-15(3)24(26)28/h5-11,13-15H,12H2,1-4H3. The van der Waals surface area contributed by atoms with Crippen LogP contribution in [-0.2, 0) is 4.79 Å². The molecule has 0 spiro atoms. The molecule has 1 atom stereocenters. The van der Waals surface area contributed by atoms with E-state index in [4.69, 9.17) is 4.74 Å². The molecule has 1 aromatic heterocycles. The van der Waals surface area contributed by atoms with Crippen LogP contribution >= 0.6 is 11.3 Å². The SMILES string of the molecule is Cc1nc(-c2ccc3c(c2)N(CC(=O)c2ccc(C(C)C)cc2)C(=O)C(C)O3)cs1. The summed E-state index contributed by atoms with van der Waals surface area (Å²) in [6.45, 7) is 7.86. The number of carbonyl (C=O) groups excluding carboxylic acids is 2. The number of nitrogens with zero attached hydrogens (tertiary/aromatic N) is 2. The molecule has 0 saturated heterocycles. The maximum absolute atomic E-state index is 13.0. The molecule has 0 saturated carbocycles. The fourth-order valence-corrected chi connectivity index (χ4v) is 4.14. The minimum atomic E-state index is -0.638. The number of ether oxygens (including phenoxy) is 1. The Morgan fingerprint density at radius 2 is 1.93 bits per heavy atom. The Morgan fingerprint density at radius 1 is 1.20 bits per heavy atom. The number of hydrogen-bond acceptors (Lipinski definition) is 5. The van der Waals surface area contributed by atoms with E-state index in [2.05, 4.69) is 18.8 Å². The first-order valence-electron chi connectivity index (χ1n) is 10.0. The van der Waals surface area contributed by atoms with Crippen LogP contribution in [0.25, 0.3) is 11.3 Å². The minimum Gasteiger partial charge on any atom is -0.479 e. The summed E-state index contributed by atoms with van der Waals surface area (Å²) >= 11 is 1.57. The lowest BCUT2D eigenvalue weighted by Gasteiger charge is -2.33. The van der Waals surface area contributed by atoms with Crippen molar-refractivity contribution in [2.24, 2.45) is 0 Å². The number of Topliss-reactive ketones (excluding diaryl/α,β-unsaturated/α-hetero) is 1. The topological polar surface area (TPSA) is 59.5 Å². The minimum absolute atomic E-state index is 0.0277. The second-order valence-electron chi connectivity index (χ2n) is 7.82. The molecule has 0 radical (unpaired) electrons. The average molecular weight is 421 g/mol. The van der Waals surface area contributed by atoms with E-state index in [9.17, 15) is 9.59 Å². The van der Waals surface area contributed by atoms with Gasteiger partial charge in [0.15, 0.2) is 11.9 Å². The van der Waals surface area contributed by atoms with Crippen LogP contribution in [0.2, 0.25) is 0 Å². The first-order chi connectivity index (χ1) is 14.3. The lowest BCUT2D eigenvalue weighted by molar-refractivity contribution is -0.125. The predicted octanol–water partition coefficient (Wildman–Crippen LogP) is 5.24. The fourth-order valence-electron chi connectivity index (χ4n) is 3.51. The Labute approximate surface area is 180 Å². The van der Waals surface area contributed by atoms with Gasteiger partial charge in [0.25, 0.3) is 5.91 Å². The lowest BCUT2D eigenvalue weighted by atomic mass is 10.00. The molecule has 2 heterocycles. The summed E-state index contributed by atoms with van der Waals surface area (Å²) in [6, 6.07) is 13.3. The van der Waals surface area contributed by atoms with Crippen LogP contribution in [-0.4, -0.2) is 29.3 Å². The van der Waals surface area contributed by atoms with Gasteiger partial charge in [0.1, 0.15) is 5.75 Å².